The van der Waals surface area contributed by atoms with Crippen LogP contribution in [-0.2, 0) is 5.54 Å². The van der Waals surface area contributed by atoms with E-state index < -0.39 is 5.69 Å². The summed E-state index contributed by atoms with van der Waals surface area (Å²) in [6.07, 6.45) is 1.74. The fourth-order valence-electron chi connectivity index (χ4n) is 1.92. The average molecular weight is 243 g/mol. The Morgan fingerprint density at radius 3 is 2.38 bits per heavy atom. The number of hydrogen-bond acceptors (Lipinski definition) is 2. The maximum atomic E-state index is 12.2. The Morgan fingerprint density at radius 1 is 1.38 bits per heavy atom. The molecule has 0 aromatic carbocycles. The zero-order chi connectivity index (χ0) is 12.1. The van der Waals surface area contributed by atoms with Gasteiger partial charge in [0.2, 0.25) is 0 Å². The number of aromatic amines is 1. The Kier molecular flexibility index (Phi) is 2.49. The monoisotopic (exact) mass is 242 g/mol. The summed E-state index contributed by atoms with van der Waals surface area (Å²) in [7, 11) is 0. The Hall–Kier alpha value is -1.03. The SMILES string of the molecule is CC(C)c1c(Cl)[nH]c(=O)n(C2(C)CC2)c1=O. The second-order valence-electron chi connectivity index (χ2n) is 4.95. The summed E-state index contributed by atoms with van der Waals surface area (Å²) in [5, 5.41) is 0.172. The zero-order valence-corrected chi connectivity index (χ0v) is 10.4. The summed E-state index contributed by atoms with van der Waals surface area (Å²) in [4.78, 5) is 26.5. The molecule has 2 rings (SSSR count). The third kappa shape index (κ3) is 1.61. The van der Waals surface area contributed by atoms with Gasteiger partial charge in [-0.3, -0.25) is 14.3 Å². The standard InChI is InChI=1S/C11H15ClN2O2/c1-6(2)7-8(12)13-10(16)14(9(7)15)11(3)4-5-11/h6H,4-5H2,1-3H3,(H,13,16). The van der Waals surface area contributed by atoms with Crippen LogP contribution in [0.2, 0.25) is 5.15 Å². The van der Waals surface area contributed by atoms with E-state index in [4.69, 9.17) is 11.6 Å². The average Bonchev–Trinajstić information content (AvgIpc) is 2.81. The summed E-state index contributed by atoms with van der Waals surface area (Å²) in [6.45, 7) is 5.70. The van der Waals surface area contributed by atoms with Gasteiger partial charge in [0.15, 0.2) is 0 Å². The quantitative estimate of drug-likeness (QED) is 0.805. The van der Waals surface area contributed by atoms with Crippen molar-refractivity contribution in [3.05, 3.63) is 31.6 Å². The Labute approximate surface area is 98.3 Å². The van der Waals surface area contributed by atoms with E-state index in [0.29, 0.717) is 5.56 Å². The van der Waals surface area contributed by atoms with E-state index in [1.807, 2.05) is 20.8 Å². The van der Waals surface area contributed by atoms with Crippen LogP contribution >= 0.6 is 11.6 Å². The van der Waals surface area contributed by atoms with Gasteiger partial charge < -0.3 is 0 Å². The Bertz CT molecular complexity index is 538. The van der Waals surface area contributed by atoms with E-state index in [2.05, 4.69) is 4.98 Å². The molecule has 1 aromatic rings. The summed E-state index contributed by atoms with van der Waals surface area (Å²) < 4.78 is 1.31. The van der Waals surface area contributed by atoms with Crippen LogP contribution in [0.4, 0.5) is 0 Å². The van der Waals surface area contributed by atoms with E-state index in [1.54, 1.807) is 0 Å². The molecule has 1 heterocycles. The normalized spacial score (nSPS) is 17.8. The highest BCUT2D eigenvalue weighted by Crippen LogP contribution is 2.40. The molecule has 88 valence electrons. The third-order valence-electron chi connectivity index (χ3n) is 3.18. The molecule has 0 bridgehead atoms. The topological polar surface area (TPSA) is 54.9 Å². The van der Waals surface area contributed by atoms with Crippen LogP contribution in [-0.4, -0.2) is 9.55 Å². The van der Waals surface area contributed by atoms with Gasteiger partial charge in [-0.25, -0.2) is 4.79 Å². The molecule has 1 saturated carbocycles. The molecular weight excluding hydrogens is 228 g/mol. The second kappa shape index (κ2) is 3.48. The number of rotatable bonds is 2. The van der Waals surface area contributed by atoms with Crippen molar-refractivity contribution in [3.63, 3.8) is 0 Å². The van der Waals surface area contributed by atoms with Crippen molar-refractivity contribution in [3.8, 4) is 0 Å². The zero-order valence-electron chi connectivity index (χ0n) is 9.63. The molecule has 1 aliphatic carbocycles. The number of halogens is 1. The highest BCUT2D eigenvalue weighted by molar-refractivity contribution is 6.30. The van der Waals surface area contributed by atoms with Crippen molar-refractivity contribution in [2.24, 2.45) is 0 Å². The largest absolute Gasteiger partial charge is 0.330 e. The lowest BCUT2D eigenvalue weighted by Crippen LogP contribution is -2.43. The molecular formula is C11H15ClN2O2. The smallest absolute Gasteiger partial charge is 0.297 e. The highest BCUT2D eigenvalue weighted by Gasteiger charge is 2.42. The molecule has 0 amide bonds. The van der Waals surface area contributed by atoms with Crippen LogP contribution in [0.15, 0.2) is 9.59 Å². The van der Waals surface area contributed by atoms with Crippen molar-refractivity contribution in [2.45, 2.75) is 45.1 Å². The van der Waals surface area contributed by atoms with E-state index >= 15 is 0 Å². The fourth-order valence-corrected chi connectivity index (χ4v) is 2.30. The maximum absolute atomic E-state index is 12.2. The highest BCUT2D eigenvalue weighted by atomic mass is 35.5. The Balaban J connectivity index is 2.76. The lowest BCUT2D eigenvalue weighted by molar-refractivity contribution is 0.479. The van der Waals surface area contributed by atoms with Gasteiger partial charge in [0.25, 0.3) is 5.56 Å². The van der Waals surface area contributed by atoms with Crippen molar-refractivity contribution in [2.75, 3.05) is 0 Å². The van der Waals surface area contributed by atoms with Gasteiger partial charge >= 0.3 is 5.69 Å². The molecule has 0 saturated heterocycles. The Morgan fingerprint density at radius 2 is 1.94 bits per heavy atom. The van der Waals surface area contributed by atoms with Crippen molar-refractivity contribution >= 4 is 11.6 Å². The molecule has 1 aromatic heterocycles. The molecule has 0 aliphatic heterocycles. The van der Waals surface area contributed by atoms with Gasteiger partial charge in [-0.15, -0.1) is 0 Å². The molecule has 0 radical (unpaired) electrons. The molecule has 0 atom stereocenters. The number of nitrogens with one attached hydrogen (secondary N) is 1. The van der Waals surface area contributed by atoms with Crippen LogP contribution in [0, 0.1) is 0 Å². The molecule has 5 heteroatoms. The van der Waals surface area contributed by atoms with Crippen LogP contribution in [0.5, 0.6) is 0 Å². The number of aromatic nitrogens is 2. The van der Waals surface area contributed by atoms with E-state index in [0.717, 1.165) is 12.8 Å². The first-order valence-electron chi connectivity index (χ1n) is 5.42. The second-order valence-corrected chi connectivity index (χ2v) is 5.33. The van der Waals surface area contributed by atoms with Crippen LogP contribution in [0.25, 0.3) is 0 Å². The summed E-state index contributed by atoms with van der Waals surface area (Å²) in [5.41, 5.74) is -0.462. The molecule has 1 aliphatic rings. The van der Waals surface area contributed by atoms with Crippen LogP contribution in [0.1, 0.15) is 45.1 Å². The van der Waals surface area contributed by atoms with Gasteiger partial charge in [0.1, 0.15) is 5.15 Å². The van der Waals surface area contributed by atoms with Gasteiger partial charge in [0.05, 0.1) is 11.1 Å². The predicted octanol–water partition coefficient (Wildman–Crippen LogP) is 1.82. The minimum Gasteiger partial charge on any atom is -0.297 e. The fraction of sp³-hybridized carbons (Fsp3) is 0.636. The van der Waals surface area contributed by atoms with E-state index in [9.17, 15) is 9.59 Å². The molecule has 0 unspecified atom stereocenters. The molecule has 1 N–H and O–H groups in total. The van der Waals surface area contributed by atoms with Crippen LogP contribution < -0.4 is 11.2 Å². The predicted molar refractivity (Wildman–Crippen MR) is 63.3 cm³/mol. The third-order valence-corrected chi connectivity index (χ3v) is 3.48. The minimum atomic E-state index is -0.403. The molecule has 16 heavy (non-hydrogen) atoms. The number of nitrogens with zero attached hydrogens (tertiary/aromatic N) is 1. The van der Waals surface area contributed by atoms with Crippen molar-refractivity contribution < 1.29 is 0 Å². The molecule has 0 spiro atoms. The molecule has 4 nitrogen and oxygen atoms in total. The van der Waals surface area contributed by atoms with Gasteiger partial charge in [-0.05, 0) is 25.7 Å². The van der Waals surface area contributed by atoms with Gasteiger partial charge in [0, 0.05) is 0 Å². The lowest BCUT2D eigenvalue weighted by Gasteiger charge is -2.15. The molecule has 1 fully saturated rings. The van der Waals surface area contributed by atoms with Gasteiger partial charge in [-0.2, -0.15) is 0 Å². The number of H-pyrrole nitrogens is 1. The van der Waals surface area contributed by atoms with E-state index in [-0.39, 0.29) is 22.2 Å². The van der Waals surface area contributed by atoms with Crippen molar-refractivity contribution in [1.82, 2.24) is 9.55 Å². The first-order valence-corrected chi connectivity index (χ1v) is 5.80. The summed E-state index contributed by atoms with van der Waals surface area (Å²) >= 11 is 5.90. The maximum Gasteiger partial charge on any atom is 0.330 e. The summed E-state index contributed by atoms with van der Waals surface area (Å²) in [5.74, 6) is 0.00505. The first kappa shape index (κ1) is 11.5. The van der Waals surface area contributed by atoms with Crippen molar-refractivity contribution in [1.29, 1.82) is 0 Å². The first-order chi connectivity index (χ1) is 7.37. The van der Waals surface area contributed by atoms with Crippen LogP contribution in [0.3, 0.4) is 0 Å². The number of hydrogen-bond donors (Lipinski definition) is 1. The van der Waals surface area contributed by atoms with Gasteiger partial charge in [-0.1, -0.05) is 25.4 Å². The minimum absolute atomic E-state index is 0.00505. The summed E-state index contributed by atoms with van der Waals surface area (Å²) in [6, 6.07) is 0. The lowest BCUT2D eigenvalue weighted by atomic mass is 10.1. The van der Waals surface area contributed by atoms with E-state index in [1.165, 1.54) is 4.57 Å².